The second-order valence-electron chi connectivity index (χ2n) is 9.54. The summed E-state index contributed by atoms with van der Waals surface area (Å²) in [4.78, 5) is 32.5. The van der Waals surface area contributed by atoms with Gasteiger partial charge >= 0.3 is 0 Å². The number of fused-ring (bicyclic) bond motifs is 1. The van der Waals surface area contributed by atoms with Gasteiger partial charge in [0.25, 0.3) is 5.91 Å². The molecule has 0 spiro atoms. The molecule has 2 aromatic carbocycles. The highest BCUT2D eigenvalue weighted by atomic mass is 32.1. The van der Waals surface area contributed by atoms with Gasteiger partial charge in [-0.25, -0.2) is 0 Å². The maximum Gasteiger partial charge on any atom is 0.258 e. The molecule has 1 aliphatic heterocycles. The predicted octanol–water partition coefficient (Wildman–Crippen LogP) is 5.35. The first-order valence-electron chi connectivity index (χ1n) is 12.3. The van der Waals surface area contributed by atoms with Gasteiger partial charge in [-0.05, 0) is 59.5 Å². The van der Waals surface area contributed by atoms with Crippen molar-refractivity contribution in [1.29, 1.82) is 0 Å². The fraction of sp³-hybridized carbons (Fsp3) is 0.379. The maximum absolute atomic E-state index is 13.9. The molecule has 0 N–H and O–H groups in total. The van der Waals surface area contributed by atoms with Crippen LogP contribution in [0.5, 0.6) is 11.5 Å². The highest BCUT2D eigenvalue weighted by Gasteiger charge is 2.35. The number of carbonyl (C=O) groups excluding carboxylic acids is 2. The van der Waals surface area contributed by atoms with Crippen LogP contribution in [0.2, 0.25) is 0 Å². The summed E-state index contributed by atoms with van der Waals surface area (Å²) >= 11 is 1.75. The van der Waals surface area contributed by atoms with Gasteiger partial charge in [-0.2, -0.15) is 0 Å². The van der Waals surface area contributed by atoms with Gasteiger partial charge in [0.05, 0.1) is 25.8 Å². The number of nitrogens with zero attached hydrogens (tertiary/aromatic N) is 2. The van der Waals surface area contributed by atoms with Crippen molar-refractivity contribution in [2.75, 3.05) is 33.9 Å². The third-order valence-electron chi connectivity index (χ3n) is 6.61. The van der Waals surface area contributed by atoms with Crippen LogP contribution in [0.4, 0.5) is 0 Å². The van der Waals surface area contributed by atoms with Crippen LogP contribution in [0, 0.1) is 12.8 Å². The standard InChI is InChI=1S/C29H34N2O4S/c1-19(2)17-30(29(33)23-11-10-21(34-4)16-25(23)35-5)18-27(32)31-14-12-26-24(13-15-36-26)28(31)22-9-7-6-8-20(22)3/h6-11,13,15-16,19,28H,12,14,17-18H2,1-5H3. The SMILES string of the molecule is COc1ccc(C(=O)N(CC(=O)N2CCc3sccc3C2c2ccccc2C)CC(C)C)c(OC)c1. The Labute approximate surface area is 217 Å². The number of hydrogen-bond acceptors (Lipinski definition) is 5. The molecule has 0 saturated carbocycles. The van der Waals surface area contributed by atoms with Gasteiger partial charge in [-0.1, -0.05) is 38.1 Å². The van der Waals surface area contributed by atoms with Crippen LogP contribution in [-0.4, -0.2) is 55.5 Å². The lowest BCUT2D eigenvalue weighted by molar-refractivity contribution is -0.134. The van der Waals surface area contributed by atoms with E-state index in [-0.39, 0.29) is 30.3 Å². The van der Waals surface area contributed by atoms with E-state index in [1.54, 1.807) is 41.5 Å². The molecule has 0 saturated heterocycles. The number of thiophene rings is 1. The molecule has 1 unspecified atom stereocenters. The Morgan fingerprint density at radius 2 is 1.86 bits per heavy atom. The number of carbonyl (C=O) groups is 2. The van der Waals surface area contributed by atoms with Crippen molar-refractivity contribution in [3.63, 3.8) is 0 Å². The van der Waals surface area contributed by atoms with Gasteiger partial charge in [0.1, 0.15) is 18.0 Å². The molecule has 0 fully saturated rings. The summed E-state index contributed by atoms with van der Waals surface area (Å²) < 4.78 is 10.8. The molecule has 7 heteroatoms. The second-order valence-corrected chi connectivity index (χ2v) is 10.5. The van der Waals surface area contributed by atoms with E-state index < -0.39 is 0 Å². The lowest BCUT2D eigenvalue weighted by Gasteiger charge is -2.38. The fourth-order valence-corrected chi connectivity index (χ4v) is 5.78. The zero-order valence-electron chi connectivity index (χ0n) is 21.6. The van der Waals surface area contributed by atoms with Gasteiger partial charge < -0.3 is 19.3 Å². The second kappa shape index (κ2) is 11.2. The van der Waals surface area contributed by atoms with Crippen molar-refractivity contribution in [2.45, 2.75) is 33.2 Å². The Bertz CT molecular complexity index is 1240. The Morgan fingerprint density at radius 1 is 1.08 bits per heavy atom. The van der Waals surface area contributed by atoms with Crippen LogP contribution in [0.1, 0.15) is 51.8 Å². The summed E-state index contributed by atoms with van der Waals surface area (Å²) in [5.74, 6) is 0.955. The third kappa shape index (κ3) is 5.26. The summed E-state index contributed by atoms with van der Waals surface area (Å²) in [6, 6.07) is 15.4. The summed E-state index contributed by atoms with van der Waals surface area (Å²) in [6.45, 7) is 7.28. The zero-order chi connectivity index (χ0) is 25.8. The van der Waals surface area contributed by atoms with Crippen LogP contribution in [0.25, 0.3) is 0 Å². The summed E-state index contributed by atoms with van der Waals surface area (Å²) in [6.07, 6.45) is 0.825. The number of benzene rings is 2. The molecule has 2 amide bonds. The average Bonchev–Trinajstić information content (AvgIpc) is 3.36. The number of rotatable bonds is 8. The first-order chi connectivity index (χ1) is 17.3. The normalized spacial score (nSPS) is 14.9. The predicted molar refractivity (Wildman–Crippen MR) is 143 cm³/mol. The number of methoxy groups -OCH3 is 2. The fourth-order valence-electron chi connectivity index (χ4n) is 4.87. The number of amides is 2. The van der Waals surface area contributed by atoms with E-state index in [1.165, 1.54) is 17.6 Å². The minimum atomic E-state index is -0.225. The highest BCUT2D eigenvalue weighted by Crippen LogP contribution is 2.39. The molecular formula is C29H34N2O4S. The minimum absolute atomic E-state index is 0.00798. The van der Waals surface area contributed by atoms with Crippen molar-refractivity contribution in [2.24, 2.45) is 5.92 Å². The van der Waals surface area contributed by atoms with E-state index in [2.05, 4.69) is 30.5 Å². The number of hydrogen-bond donors (Lipinski definition) is 0. The maximum atomic E-state index is 13.9. The highest BCUT2D eigenvalue weighted by molar-refractivity contribution is 7.10. The van der Waals surface area contributed by atoms with E-state index in [0.29, 0.717) is 30.2 Å². The molecule has 0 radical (unpaired) electrons. The lowest BCUT2D eigenvalue weighted by Crippen LogP contribution is -2.47. The molecule has 190 valence electrons. The van der Waals surface area contributed by atoms with Gasteiger partial charge in [0, 0.05) is 24.0 Å². The molecule has 4 rings (SSSR count). The van der Waals surface area contributed by atoms with Gasteiger partial charge in [0.2, 0.25) is 5.91 Å². The third-order valence-corrected chi connectivity index (χ3v) is 7.60. The van der Waals surface area contributed by atoms with E-state index in [1.807, 2.05) is 30.9 Å². The topological polar surface area (TPSA) is 59.1 Å². The summed E-state index contributed by atoms with van der Waals surface area (Å²) in [5, 5.41) is 2.11. The van der Waals surface area contributed by atoms with Crippen molar-refractivity contribution in [1.82, 2.24) is 9.80 Å². The van der Waals surface area contributed by atoms with Gasteiger partial charge in [-0.3, -0.25) is 9.59 Å². The monoisotopic (exact) mass is 506 g/mol. The Morgan fingerprint density at radius 3 is 2.56 bits per heavy atom. The van der Waals surface area contributed by atoms with E-state index >= 15 is 0 Å². The summed E-state index contributed by atoms with van der Waals surface area (Å²) in [5.41, 5.74) is 3.88. The van der Waals surface area contributed by atoms with Gasteiger partial charge in [-0.15, -0.1) is 11.3 Å². The van der Waals surface area contributed by atoms with Crippen molar-refractivity contribution < 1.29 is 19.1 Å². The molecule has 0 bridgehead atoms. The van der Waals surface area contributed by atoms with Gasteiger partial charge in [0.15, 0.2) is 0 Å². The minimum Gasteiger partial charge on any atom is -0.497 e. The van der Waals surface area contributed by atoms with Crippen LogP contribution in [0.15, 0.2) is 53.9 Å². The lowest BCUT2D eigenvalue weighted by atomic mass is 9.90. The quantitative estimate of drug-likeness (QED) is 0.414. The van der Waals surface area contributed by atoms with Crippen molar-refractivity contribution >= 4 is 23.2 Å². The van der Waals surface area contributed by atoms with Crippen LogP contribution in [0.3, 0.4) is 0 Å². The molecule has 0 aliphatic carbocycles. The van der Waals surface area contributed by atoms with Crippen molar-refractivity contribution in [3.8, 4) is 11.5 Å². The Hall–Kier alpha value is -3.32. The molecule has 2 heterocycles. The molecule has 6 nitrogen and oxygen atoms in total. The van der Waals surface area contributed by atoms with Crippen LogP contribution >= 0.6 is 11.3 Å². The molecule has 1 aromatic heterocycles. The smallest absolute Gasteiger partial charge is 0.258 e. The van der Waals surface area contributed by atoms with E-state index in [4.69, 9.17) is 9.47 Å². The van der Waals surface area contributed by atoms with E-state index in [9.17, 15) is 9.59 Å². The first kappa shape index (κ1) is 25.8. The zero-order valence-corrected chi connectivity index (χ0v) is 22.4. The molecule has 36 heavy (non-hydrogen) atoms. The number of ether oxygens (including phenoxy) is 2. The summed E-state index contributed by atoms with van der Waals surface area (Å²) in [7, 11) is 3.10. The molecular weight excluding hydrogens is 472 g/mol. The van der Waals surface area contributed by atoms with Crippen molar-refractivity contribution in [3.05, 3.63) is 81.0 Å². The van der Waals surface area contributed by atoms with Crippen LogP contribution < -0.4 is 9.47 Å². The largest absolute Gasteiger partial charge is 0.497 e. The van der Waals surface area contributed by atoms with E-state index in [0.717, 1.165) is 17.5 Å². The first-order valence-corrected chi connectivity index (χ1v) is 13.1. The average molecular weight is 507 g/mol. The van der Waals surface area contributed by atoms with Crippen LogP contribution in [-0.2, 0) is 11.2 Å². The molecule has 3 aromatic rings. The Kier molecular flexibility index (Phi) is 7.99. The Balaban J connectivity index is 1.65. The molecule has 1 aliphatic rings. The number of aryl methyl sites for hydroxylation is 1. The molecule has 1 atom stereocenters.